The van der Waals surface area contributed by atoms with E-state index in [-0.39, 0.29) is 24.0 Å². The van der Waals surface area contributed by atoms with E-state index in [1.165, 1.54) is 11.3 Å². The molecule has 0 saturated carbocycles. The average Bonchev–Trinajstić information content (AvgIpc) is 3.03. The number of fused-ring (bicyclic) bond motifs is 1. The molecule has 3 rings (SSSR count). The Labute approximate surface area is 160 Å². The maximum Gasteiger partial charge on any atom is 0.213 e. The van der Waals surface area contributed by atoms with Crippen LogP contribution in [0.2, 0.25) is 0 Å². The predicted octanol–water partition coefficient (Wildman–Crippen LogP) is 3.24. The lowest BCUT2D eigenvalue weighted by molar-refractivity contribution is 0.396. The Morgan fingerprint density at radius 3 is 2.88 bits per heavy atom. The number of anilines is 1. The van der Waals surface area contributed by atoms with Gasteiger partial charge in [-0.25, -0.2) is 9.98 Å². The first-order valence-corrected chi connectivity index (χ1v) is 7.95. The largest absolute Gasteiger partial charge is 0.481 e. The third-order valence-corrected chi connectivity index (χ3v) is 3.86. The van der Waals surface area contributed by atoms with Gasteiger partial charge in [-0.1, -0.05) is 24.3 Å². The number of ether oxygens (including phenoxy) is 1. The molecule has 5 nitrogen and oxygen atoms in total. The molecule has 0 atom stereocenters. The van der Waals surface area contributed by atoms with Crippen LogP contribution < -0.4 is 15.0 Å². The Balaban J connectivity index is 0.00000208. The summed E-state index contributed by atoms with van der Waals surface area (Å²) in [6.07, 6.45) is 1.05. The third kappa shape index (κ3) is 4.17. The second-order valence-electron chi connectivity index (χ2n) is 5.37. The number of hydrogen-bond donors (Lipinski definition) is 1. The van der Waals surface area contributed by atoms with Crippen molar-refractivity contribution in [3.8, 4) is 5.88 Å². The quantitative estimate of drug-likeness (QED) is 0.453. The first-order chi connectivity index (χ1) is 11.3. The summed E-state index contributed by atoms with van der Waals surface area (Å²) >= 11 is 0. The number of aromatic nitrogens is 1. The maximum absolute atomic E-state index is 5.17. The van der Waals surface area contributed by atoms with Crippen LogP contribution in [0.25, 0.3) is 0 Å². The highest BCUT2D eigenvalue weighted by atomic mass is 127. The highest BCUT2D eigenvalue weighted by Gasteiger charge is 2.22. The lowest BCUT2D eigenvalue weighted by Crippen LogP contribution is -2.40. The van der Waals surface area contributed by atoms with E-state index in [2.05, 4.69) is 46.4 Å². The molecule has 1 aromatic carbocycles. The second kappa shape index (κ2) is 8.86. The van der Waals surface area contributed by atoms with Crippen LogP contribution >= 0.6 is 24.0 Å². The molecule has 0 amide bonds. The summed E-state index contributed by atoms with van der Waals surface area (Å²) in [6.45, 7) is 4.40. The summed E-state index contributed by atoms with van der Waals surface area (Å²) in [7, 11) is 1.63. The number of benzene rings is 1. The molecule has 0 spiro atoms. The van der Waals surface area contributed by atoms with Crippen LogP contribution in [0.1, 0.15) is 18.2 Å². The molecule has 1 aliphatic rings. The predicted molar refractivity (Wildman–Crippen MR) is 109 cm³/mol. The van der Waals surface area contributed by atoms with E-state index in [0.717, 1.165) is 31.2 Å². The van der Waals surface area contributed by atoms with Gasteiger partial charge >= 0.3 is 0 Å². The van der Waals surface area contributed by atoms with Gasteiger partial charge in [-0.2, -0.15) is 0 Å². The van der Waals surface area contributed by atoms with Crippen LogP contribution in [0, 0.1) is 0 Å². The summed E-state index contributed by atoms with van der Waals surface area (Å²) in [5, 5.41) is 3.38. The Bertz CT molecular complexity index is 705. The van der Waals surface area contributed by atoms with Crippen LogP contribution in [0.3, 0.4) is 0 Å². The monoisotopic (exact) mass is 438 g/mol. The number of pyridine rings is 1. The van der Waals surface area contributed by atoms with Crippen molar-refractivity contribution in [3.63, 3.8) is 0 Å². The first-order valence-electron chi connectivity index (χ1n) is 7.95. The van der Waals surface area contributed by atoms with Crippen molar-refractivity contribution in [1.29, 1.82) is 0 Å². The number of hydrogen-bond acceptors (Lipinski definition) is 3. The number of nitrogens with one attached hydrogen (secondary N) is 1. The lowest BCUT2D eigenvalue weighted by atomic mass is 10.2. The molecule has 24 heavy (non-hydrogen) atoms. The van der Waals surface area contributed by atoms with Crippen molar-refractivity contribution in [3.05, 3.63) is 53.7 Å². The third-order valence-electron chi connectivity index (χ3n) is 3.86. The molecule has 0 aliphatic carbocycles. The summed E-state index contributed by atoms with van der Waals surface area (Å²) < 4.78 is 5.17. The molecule has 1 aromatic heterocycles. The zero-order chi connectivity index (χ0) is 16.1. The van der Waals surface area contributed by atoms with Gasteiger partial charge in [0.15, 0.2) is 5.96 Å². The SMILES string of the molecule is CCNC(=NCc1cccc(OC)n1)N1CCc2ccccc21.I. The molecule has 0 radical (unpaired) electrons. The van der Waals surface area contributed by atoms with E-state index in [0.29, 0.717) is 12.4 Å². The Hall–Kier alpha value is -1.83. The molecule has 0 unspecified atom stereocenters. The van der Waals surface area contributed by atoms with Crippen molar-refractivity contribution in [2.75, 3.05) is 25.1 Å². The van der Waals surface area contributed by atoms with E-state index < -0.39 is 0 Å². The van der Waals surface area contributed by atoms with Gasteiger partial charge < -0.3 is 15.0 Å². The zero-order valence-electron chi connectivity index (χ0n) is 14.0. The highest BCUT2D eigenvalue weighted by Crippen LogP contribution is 2.27. The van der Waals surface area contributed by atoms with Crippen molar-refractivity contribution in [2.45, 2.75) is 19.9 Å². The van der Waals surface area contributed by atoms with E-state index in [4.69, 9.17) is 9.73 Å². The maximum atomic E-state index is 5.17. The van der Waals surface area contributed by atoms with Crippen LogP contribution in [0.4, 0.5) is 5.69 Å². The fraction of sp³-hybridized carbons (Fsp3) is 0.333. The summed E-state index contributed by atoms with van der Waals surface area (Å²) in [4.78, 5) is 11.4. The van der Waals surface area contributed by atoms with Gasteiger partial charge in [-0.15, -0.1) is 24.0 Å². The minimum absolute atomic E-state index is 0. The number of rotatable bonds is 4. The van der Waals surface area contributed by atoms with Crippen molar-refractivity contribution < 1.29 is 4.74 Å². The van der Waals surface area contributed by atoms with E-state index >= 15 is 0 Å². The minimum atomic E-state index is 0. The number of methoxy groups -OCH3 is 1. The molecule has 0 saturated heterocycles. The van der Waals surface area contributed by atoms with E-state index in [9.17, 15) is 0 Å². The molecule has 1 N–H and O–H groups in total. The van der Waals surface area contributed by atoms with Gasteiger partial charge in [0.05, 0.1) is 19.3 Å². The van der Waals surface area contributed by atoms with Crippen LogP contribution in [-0.4, -0.2) is 31.1 Å². The van der Waals surface area contributed by atoms with Gasteiger partial charge in [-0.05, 0) is 31.0 Å². The topological polar surface area (TPSA) is 49.8 Å². The zero-order valence-corrected chi connectivity index (χ0v) is 16.4. The standard InChI is InChI=1S/C18H22N4O.HI/c1-3-19-18(20-13-15-8-6-10-17(21-15)23-2)22-12-11-14-7-4-5-9-16(14)22;/h4-10H,3,11-13H2,1-2H3,(H,19,20);1H. The fourth-order valence-corrected chi connectivity index (χ4v) is 2.77. The van der Waals surface area contributed by atoms with Crippen LogP contribution in [-0.2, 0) is 13.0 Å². The number of halogens is 1. The summed E-state index contributed by atoms with van der Waals surface area (Å²) in [5.41, 5.74) is 3.51. The molecule has 0 bridgehead atoms. The number of aliphatic imine (C=N–C) groups is 1. The molecule has 2 aromatic rings. The van der Waals surface area contributed by atoms with Gasteiger partial charge in [-0.3, -0.25) is 0 Å². The number of para-hydroxylation sites is 1. The highest BCUT2D eigenvalue weighted by molar-refractivity contribution is 14.0. The molecule has 6 heteroatoms. The average molecular weight is 438 g/mol. The van der Waals surface area contributed by atoms with Crippen LogP contribution in [0.5, 0.6) is 5.88 Å². The molecule has 1 aliphatic heterocycles. The summed E-state index contributed by atoms with van der Waals surface area (Å²) in [5.74, 6) is 1.52. The summed E-state index contributed by atoms with van der Waals surface area (Å²) in [6, 6.07) is 14.2. The van der Waals surface area contributed by atoms with Crippen LogP contribution in [0.15, 0.2) is 47.5 Å². The van der Waals surface area contributed by atoms with Gasteiger partial charge in [0.1, 0.15) is 0 Å². The van der Waals surface area contributed by atoms with Crippen molar-refractivity contribution in [1.82, 2.24) is 10.3 Å². The number of guanidine groups is 1. The second-order valence-corrected chi connectivity index (χ2v) is 5.37. The molecule has 0 fully saturated rings. The lowest BCUT2D eigenvalue weighted by Gasteiger charge is -2.22. The Kier molecular flexibility index (Phi) is 6.84. The molecule has 2 heterocycles. The normalized spacial score (nSPS) is 13.2. The minimum Gasteiger partial charge on any atom is -0.481 e. The molecular formula is C18H23IN4O. The van der Waals surface area contributed by atoms with E-state index in [1.807, 2.05) is 18.2 Å². The van der Waals surface area contributed by atoms with Gasteiger partial charge in [0.2, 0.25) is 5.88 Å². The molecular weight excluding hydrogens is 415 g/mol. The van der Waals surface area contributed by atoms with Crippen molar-refractivity contribution >= 4 is 35.6 Å². The first kappa shape index (κ1) is 18.5. The smallest absolute Gasteiger partial charge is 0.213 e. The van der Waals surface area contributed by atoms with Gasteiger partial charge in [0, 0.05) is 24.8 Å². The molecule has 128 valence electrons. The van der Waals surface area contributed by atoms with Crippen molar-refractivity contribution in [2.24, 2.45) is 4.99 Å². The van der Waals surface area contributed by atoms with E-state index in [1.54, 1.807) is 7.11 Å². The number of nitrogens with zero attached hydrogens (tertiary/aromatic N) is 3. The van der Waals surface area contributed by atoms with Gasteiger partial charge in [0.25, 0.3) is 0 Å². The Morgan fingerprint density at radius 1 is 1.25 bits per heavy atom. The Morgan fingerprint density at radius 2 is 2.08 bits per heavy atom. The fourth-order valence-electron chi connectivity index (χ4n) is 2.77.